The summed E-state index contributed by atoms with van der Waals surface area (Å²) in [6.07, 6.45) is 0. The molecule has 0 aliphatic carbocycles. The van der Waals surface area contributed by atoms with Crippen LogP contribution in [0.15, 0.2) is 0 Å². The van der Waals surface area contributed by atoms with Crippen molar-refractivity contribution in [3.63, 3.8) is 0 Å². The highest BCUT2D eigenvalue weighted by molar-refractivity contribution is 5.74. The molecule has 2 aliphatic rings. The van der Waals surface area contributed by atoms with Crippen molar-refractivity contribution in [2.75, 3.05) is 39.4 Å². The maximum atomic E-state index is 11.5. The minimum atomic E-state index is -1.27. The molecule has 0 N–H and O–H groups in total. The van der Waals surface area contributed by atoms with Crippen molar-refractivity contribution in [2.24, 2.45) is 0 Å². The zero-order chi connectivity index (χ0) is 14.2. The number of hydrogen-bond donors (Lipinski definition) is 0. The summed E-state index contributed by atoms with van der Waals surface area (Å²) in [7, 11) is 0. The molecule has 0 aromatic carbocycles. The topological polar surface area (TPSA) is 87.0 Å². The standard InChI is InChI=1S/C11H18N4O4/c1-9(16)13-4-3-12-5-11(6-13,15(18)19)7-14(8-12)10(2)17/h3-8H2,1-2H3. The molecule has 2 rings (SSSR count). The maximum absolute atomic E-state index is 11.5. The highest BCUT2D eigenvalue weighted by Crippen LogP contribution is 2.24. The fraction of sp³-hybridized carbons (Fsp3) is 0.818. The highest BCUT2D eigenvalue weighted by atomic mass is 16.6. The minimum absolute atomic E-state index is 0.0651. The van der Waals surface area contributed by atoms with Gasteiger partial charge in [0, 0.05) is 31.9 Å². The third kappa shape index (κ3) is 2.53. The Labute approximate surface area is 111 Å². The van der Waals surface area contributed by atoms with Crippen LogP contribution in [0, 0.1) is 10.1 Å². The molecule has 2 amide bonds. The minimum Gasteiger partial charge on any atom is -0.334 e. The van der Waals surface area contributed by atoms with Crippen LogP contribution in [0.5, 0.6) is 0 Å². The summed E-state index contributed by atoms with van der Waals surface area (Å²) < 4.78 is 0. The summed E-state index contributed by atoms with van der Waals surface area (Å²) in [6.45, 7) is 4.67. The number of fused-ring (bicyclic) bond motifs is 2. The van der Waals surface area contributed by atoms with Gasteiger partial charge in [-0.2, -0.15) is 0 Å². The molecular weight excluding hydrogens is 252 g/mol. The van der Waals surface area contributed by atoms with Gasteiger partial charge in [-0.3, -0.25) is 24.6 Å². The summed E-state index contributed by atoms with van der Waals surface area (Å²) in [5, 5.41) is 11.5. The Morgan fingerprint density at radius 3 is 2.16 bits per heavy atom. The van der Waals surface area contributed by atoms with E-state index in [0.717, 1.165) is 0 Å². The van der Waals surface area contributed by atoms with Crippen molar-refractivity contribution >= 4 is 11.8 Å². The molecule has 2 bridgehead atoms. The van der Waals surface area contributed by atoms with Crippen molar-refractivity contribution in [3.05, 3.63) is 10.1 Å². The second-order valence-corrected chi connectivity index (χ2v) is 5.33. The summed E-state index contributed by atoms with van der Waals surface area (Å²) in [6, 6.07) is 0. The Kier molecular flexibility index (Phi) is 3.44. The van der Waals surface area contributed by atoms with Gasteiger partial charge in [0.25, 0.3) is 5.54 Å². The lowest BCUT2D eigenvalue weighted by atomic mass is 9.96. The van der Waals surface area contributed by atoms with E-state index in [1.807, 2.05) is 4.90 Å². The molecule has 0 saturated carbocycles. The van der Waals surface area contributed by atoms with Gasteiger partial charge in [-0.25, -0.2) is 0 Å². The summed E-state index contributed by atoms with van der Waals surface area (Å²) >= 11 is 0. The fourth-order valence-electron chi connectivity index (χ4n) is 2.76. The van der Waals surface area contributed by atoms with Crippen LogP contribution < -0.4 is 0 Å². The molecule has 2 aliphatic heterocycles. The van der Waals surface area contributed by atoms with Gasteiger partial charge in [-0.05, 0) is 0 Å². The second kappa shape index (κ2) is 4.76. The quantitative estimate of drug-likeness (QED) is 0.450. The zero-order valence-corrected chi connectivity index (χ0v) is 11.2. The first-order valence-electron chi connectivity index (χ1n) is 6.22. The first-order valence-corrected chi connectivity index (χ1v) is 6.22. The number of amides is 2. The van der Waals surface area contributed by atoms with Crippen molar-refractivity contribution in [3.8, 4) is 0 Å². The van der Waals surface area contributed by atoms with E-state index in [1.54, 1.807) is 0 Å². The van der Waals surface area contributed by atoms with Crippen LogP contribution in [-0.2, 0) is 9.59 Å². The predicted molar refractivity (Wildman–Crippen MR) is 65.8 cm³/mol. The smallest absolute Gasteiger partial charge is 0.269 e. The van der Waals surface area contributed by atoms with E-state index < -0.39 is 5.54 Å². The molecule has 2 heterocycles. The van der Waals surface area contributed by atoms with Crippen LogP contribution in [0.1, 0.15) is 13.8 Å². The largest absolute Gasteiger partial charge is 0.334 e. The molecule has 106 valence electrons. The Morgan fingerprint density at radius 2 is 1.63 bits per heavy atom. The molecule has 0 aromatic rings. The van der Waals surface area contributed by atoms with Gasteiger partial charge in [0.15, 0.2) is 0 Å². The zero-order valence-electron chi connectivity index (χ0n) is 11.2. The first kappa shape index (κ1) is 13.7. The van der Waals surface area contributed by atoms with E-state index in [1.165, 1.54) is 23.6 Å². The summed E-state index contributed by atoms with van der Waals surface area (Å²) in [4.78, 5) is 39.0. The van der Waals surface area contributed by atoms with E-state index in [9.17, 15) is 19.7 Å². The van der Waals surface area contributed by atoms with E-state index >= 15 is 0 Å². The molecule has 19 heavy (non-hydrogen) atoms. The van der Waals surface area contributed by atoms with E-state index in [-0.39, 0.29) is 36.4 Å². The Bertz CT molecular complexity index is 415. The number of nitro groups is 1. The van der Waals surface area contributed by atoms with Crippen LogP contribution in [-0.4, -0.2) is 76.4 Å². The van der Waals surface area contributed by atoms with Crippen LogP contribution in [0.25, 0.3) is 0 Å². The van der Waals surface area contributed by atoms with Crippen LogP contribution in [0.2, 0.25) is 0 Å². The fourth-order valence-corrected chi connectivity index (χ4v) is 2.76. The monoisotopic (exact) mass is 270 g/mol. The molecule has 2 atom stereocenters. The van der Waals surface area contributed by atoms with Crippen LogP contribution in [0.3, 0.4) is 0 Å². The van der Waals surface area contributed by atoms with Gasteiger partial charge in [-0.15, -0.1) is 0 Å². The molecule has 2 saturated heterocycles. The number of nitrogens with zero attached hydrogens (tertiary/aromatic N) is 4. The van der Waals surface area contributed by atoms with Crippen LogP contribution in [0.4, 0.5) is 0 Å². The molecule has 0 spiro atoms. The third-order valence-electron chi connectivity index (χ3n) is 3.82. The highest BCUT2D eigenvalue weighted by Gasteiger charge is 2.52. The lowest BCUT2D eigenvalue weighted by Gasteiger charge is -2.40. The molecule has 2 unspecified atom stereocenters. The number of rotatable bonds is 1. The van der Waals surface area contributed by atoms with E-state index in [0.29, 0.717) is 19.8 Å². The summed E-state index contributed by atoms with van der Waals surface area (Å²) in [5.41, 5.74) is -1.27. The van der Waals surface area contributed by atoms with E-state index in [4.69, 9.17) is 0 Å². The molecule has 8 nitrogen and oxygen atoms in total. The summed E-state index contributed by atoms with van der Waals surface area (Å²) in [5.74, 6) is -0.337. The molecule has 0 radical (unpaired) electrons. The number of hydrogen-bond acceptors (Lipinski definition) is 5. The van der Waals surface area contributed by atoms with Gasteiger partial charge in [0.2, 0.25) is 11.8 Å². The Morgan fingerprint density at radius 1 is 1.05 bits per heavy atom. The van der Waals surface area contributed by atoms with Gasteiger partial charge >= 0.3 is 0 Å². The van der Waals surface area contributed by atoms with E-state index in [2.05, 4.69) is 0 Å². The van der Waals surface area contributed by atoms with Crippen LogP contribution >= 0.6 is 0 Å². The molecular formula is C11H18N4O4. The Hall–Kier alpha value is -1.70. The first-order chi connectivity index (χ1) is 8.84. The number of carbonyl (C=O) groups is 2. The molecule has 8 heteroatoms. The van der Waals surface area contributed by atoms with Crippen molar-refractivity contribution in [2.45, 2.75) is 19.4 Å². The maximum Gasteiger partial charge on any atom is 0.269 e. The van der Waals surface area contributed by atoms with Crippen molar-refractivity contribution < 1.29 is 14.5 Å². The van der Waals surface area contributed by atoms with Gasteiger partial charge < -0.3 is 9.80 Å². The molecule has 2 fully saturated rings. The SMILES string of the molecule is CC(=O)N1CCN2CN(C(C)=O)CC([N+](=O)[O-])(C2)C1. The third-order valence-corrected chi connectivity index (χ3v) is 3.82. The lowest BCUT2D eigenvalue weighted by molar-refractivity contribution is -0.573. The number of carbonyl (C=O) groups excluding carboxylic acids is 2. The average molecular weight is 270 g/mol. The van der Waals surface area contributed by atoms with Crippen molar-refractivity contribution in [1.82, 2.24) is 14.7 Å². The normalized spacial score (nSPS) is 30.7. The van der Waals surface area contributed by atoms with Gasteiger partial charge in [0.05, 0.1) is 26.3 Å². The second-order valence-electron chi connectivity index (χ2n) is 5.33. The predicted octanol–water partition coefficient (Wildman–Crippen LogP) is -1.01. The van der Waals surface area contributed by atoms with Gasteiger partial charge in [0.1, 0.15) is 0 Å². The Balaban J connectivity index is 2.32. The van der Waals surface area contributed by atoms with Gasteiger partial charge in [-0.1, -0.05) is 0 Å². The average Bonchev–Trinajstić information content (AvgIpc) is 2.46. The molecule has 0 aromatic heterocycles. The lowest BCUT2D eigenvalue weighted by Crippen LogP contribution is -2.65. The van der Waals surface area contributed by atoms with Crippen molar-refractivity contribution in [1.29, 1.82) is 0 Å².